The average molecular weight is 324 g/mol. The van der Waals surface area contributed by atoms with Crippen molar-refractivity contribution in [2.45, 2.75) is 6.54 Å². The summed E-state index contributed by atoms with van der Waals surface area (Å²) in [6.45, 7) is 0.227. The molecule has 0 aliphatic heterocycles. The fourth-order valence-electron chi connectivity index (χ4n) is 1.26. The first-order chi connectivity index (χ1) is 7.90. The summed E-state index contributed by atoms with van der Waals surface area (Å²) in [6.07, 6.45) is 0. The summed E-state index contributed by atoms with van der Waals surface area (Å²) in [7, 11) is -0.341. The number of phenolic OH excluding ortho intramolecular Hbond substituents is 1. The largest absolute Gasteiger partial charge is 0.504 e. The van der Waals surface area contributed by atoms with Crippen LogP contribution < -0.4 is 4.74 Å². The number of hydrogen-bond donors (Lipinski definition) is 1. The molecular weight excluding hydrogens is 310 g/mol. The van der Waals surface area contributed by atoms with Gasteiger partial charge in [0.15, 0.2) is 11.5 Å². The van der Waals surface area contributed by atoms with Crippen molar-refractivity contribution >= 4 is 26.0 Å². The smallest absolute Gasteiger partial charge is 0.224 e. The Kier molecular flexibility index (Phi) is 4.79. The molecule has 0 bridgehead atoms. The molecule has 0 aliphatic rings. The Bertz CT molecular complexity index is 489. The van der Waals surface area contributed by atoms with Gasteiger partial charge in [-0.05, 0) is 17.7 Å². The van der Waals surface area contributed by atoms with E-state index in [1.165, 1.54) is 24.5 Å². The van der Waals surface area contributed by atoms with Crippen molar-refractivity contribution in [1.29, 1.82) is 0 Å². The third kappa shape index (κ3) is 3.58. The maximum Gasteiger partial charge on any atom is 0.224 e. The molecule has 0 radical (unpaired) electrons. The first-order valence-corrected chi connectivity index (χ1v) is 7.49. The van der Waals surface area contributed by atoms with Gasteiger partial charge in [0.2, 0.25) is 10.0 Å². The summed E-state index contributed by atoms with van der Waals surface area (Å²) in [5, 5.41) is 9.41. The molecule has 1 rings (SSSR count). The molecule has 5 nitrogen and oxygen atoms in total. The molecule has 7 heteroatoms. The van der Waals surface area contributed by atoms with Gasteiger partial charge in [-0.15, -0.1) is 0 Å². The van der Waals surface area contributed by atoms with Crippen LogP contribution in [0.15, 0.2) is 18.2 Å². The third-order valence-corrected chi connectivity index (χ3v) is 5.35. The Morgan fingerprint density at radius 3 is 2.65 bits per heavy atom. The lowest BCUT2D eigenvalue weighted by molar-refractivity contribution is 0.372. The van der Waals surface area contributed by atoms with Crippen molar-refractivity contribution in [2.24, 2.45) is 0 Å². The number of alkyl halides is 1. The number of aromatic hydroxyl groups is 1. The average Bonchev–Trinajstić information content (AvgIpc) is 2.31. The predicted octanol–water partition coefficient (Wildman–Crippen LogP) is 1.51. The third-order valence-electron chi connectivity index (χ3n) is 2.26. The van der Waals surface area contributed by atoms with Gasteiger partial charge >= 0.3 is 0 Å². The topological polar surface area (TPSA) is 66.8 Å². The second kappa shape index (κ2) is 5.70. The highest BCUT2D eigenvalue weighted by Gasteiger charge is 2.16. The lowest BCUT2D eigenvalue weighted by Crippen LogP contribution is -2.26. The van der Waals surface area contributed by atoms with Crippen molar-refractivity contribution < 1.29 is 18.3 Å². The van der Waals surface area contributed by atoms with E-state index >= 15 is 0 Å². The van der Waals surface area contributed by atoms with Crippen LogP contribution in [0.25, 0.3) is 0 Å². The van der Waals surface area contributed by atoms with Gasteiger partial charge in [-0.1, -0.05) is 22.0 Å². The summed E-state index contributed by atoms with van der Waals surface area (Å²) in [5.74, 6) is 0.356. The second-order valence-corrected chi connectivity index (χ2v) is 6.86. The minimum Gasteiger partial charge on any atom is -0.504 e. The molecule has 0 heterocycles. The molecule has 96 valence electrons. The van der Waals surface area contributed by atoms with E-state index in [1.807, 2.05) is 0 Å². The van der Waals surface area contributed by atoms with E-state index in [0.29, 0.717) is 5.75 Å². The molecule has 0 spiro atoms. The molecule has 0 fully saturated rings. The summed E-state index contributed by atoms with van der Waals surface area (Å²) < 4.78 is 29.1. The first-order valence-electron chi connectivity index (χ1n) is 4.76. The molecule has 0 atom stereocenters. The zero-order valence-electron chi connectivity index (χ0n) is 9.55. The zero-order chi connectivity index (χ0) is 13.1. The van der Waals surface area contributed by atoms with Gasteiger partial charge in [0.1, 0.15) is 4.66 Å². The highest BCUT2D eigenvalue weighted by molar-refractivity contribution is 9.10. The Morgan fingerprint density at radius 1 is 1.47 bits per heavy atom. The van der Waals surface area contributed by atoms with E-state index in [4.69, 9.17) is 4.74 Å². The van der Waals surface area contributed by atoms with E-state index < -0.39 is 10.0 Å². The summed E-state index contributed by atoms with van der Waals surface area (Å²) in [4.78, 5) is 0. The Labute approximate surface area is 109 Å². The van der Waals surface area contributed by atoms with Crippen LogP contribution in [0.4, 0.5) is 0 Å². The van der Waals surface area contributed by atoms with Crippen LogP contribution in [0.2, 0.25) is 0 Å². The van der Waals surface area contributed by atoms with Gasteiger partial charge in [-0.25, -0.2) is 8.42 Å². The Balaban J connectivity index is 2.89. The van der Waals surface area contributed by atoms with Crippen LogP contribution in [0.1, 0.15) is 5.56 Å². The maximum absolute atomic E-state index is 11.5. The normalized spacial score (nSPS) is 11.8. The summed E-state index contributed by atoms with van der Waals surface area (Å²) in [6, 6.07) is 4.73. The number of nitrogens with zero attached hydrogens (tertiary/aromatic N) is 1. The number of methoxy groups -OCH3 is 1. The monoisotopic (exact) mass is 323 g/mol. The molecule has 0 saturated carbocycles. The second-order valence-electron chi connectivity index (χ2n) is 3.48. The van der Waals surface area contributed by atoms with Crippen LogP contribution in [0.3, 0.4) is 0 Å². The van der Waals surface area contributed by atoms with Gasteiger partial charge < -0.3 is 9.84 Å². The molecule has 0 unspecified atom stereocenters. The van der Waals surface area contributed by atoms with E-state index in [-0.39, 0.29) is 17.0 Å². The van der Waals surface area contributed by atoms with Crippen LogP contribution in [0.5, 0.6) is 11.5 Å². The Hall–Kier alpha value is -0.790. The van der Waals surface area contributed by atoms with Gasteiger partial charge in [-0.3, -0.25) is 0 Å². The number of benzene rings is 1. The van der Waals surface area contributed by atoms with Crippen molar-refractivity contribution in [3.63, 3.8) is 0 Å². The molecule has 1 aromatic carbocycles. The van der Waals surface area contributed by atoms with Crippen LogP contribution in [-0.2, 0) is 16.6 Å². The molecule has 0 amide bonds. The fourth-order valence-corrected chi connectivity index (χ4v) is 2.82. The van der Waals surface area contributed by atoms with Gasteiger partial charge in [0, 0.05) is 13.6 Å². The van der Waals surface area contributed by atoms with Crippen LogP contribution in [0, 0.1) is 0 Å². The van der Waals surface area contributed by atoms with Crippen molar-refractivity contribution in [3.05, 3.63) is 23.8 Å². The molecule has 0 aromatic heterocycles. The molecule has 1 N–H and O–H groups in total. The van der Waals surface area contributed by atoms with E-state index in [9.17, 15) is 13.5 Å². The van der Waals surface area contributed by atoms with Gasteiger partial charge in [0.05, 0.1) is 7.11 Å². The van der Waals surface area contributed by atoms with Crippen LogP contribution in [-0.4, -0.2) is 36.6 Å². The highest BCUT2D eigenvalue weighted by Crippen LogP contribution is 2.26. The molecule has 0 aliphatic carbocycles. The lowest BCUT2D eigenvalue weighted by atomic mass is 10.2. The number of sulfonamides is 1. The number of ether oxygens (including phenoxy) is 1. The van der Waals surface area contributed by atoms with Crippen LogP contribution >= 0.6 is 15.9 Å². The number of hydrogen-bond acceptors (Lipinski definition) is 4. The van der Waals surface area contributed by atoms with E-state index in [0.717, 1.165) is 5.56 Å². The fraction of sp³-hybridized carbons (Fsp3) is 0.400. The van der Waals surface area contributed by atoms with Gasteiger partial charge in [-0.2, -0.15) is 4.31 Å². The number of phenols is 1. The molecule has 17 heavy (non-hydrogen) atoms. The summed E-state index contributed by atoms with van der Waals surface area (Å²) in [5.41, 5.74) is 0.742. The molecular formula is C10H14BrNO4S. The maximum atomic E-state index is 11.5. The zero-order valence-corrected chi connectivity index (χ0v) is 12.0. The minimum atomic E-state index is -3.28. The highest BCUT2D eigenvalue weighted by atomic mass is 79.9. The predicted molar refractivity (Wildman–Crippen MR) is 68.8 cm³/mol. The number of halogens is 1. The Morgan fingerprint density at radius 2 is 2.12 bits per heavy atom. The van der Waals surface area contributed by atoms with Crippen molar-refractivity contribution in [3.8, 4) is 11.5 Å². The quantitative estimate of drug-likeness (QED) is 0.834. The lowest BCUT2D eigenvalue weighted by Gasteiger charge is -2.16. The molecule has 0 saturated heterocycles. The first kappa shape index (κ1) is 14.3. The van der Waals surface area contributed by atoms with Crippen molar-refractivity contribution in [1.82, 2.24) is 4.31 Å². The van der Waals surface area contributed by atoms with Crippen molar-refractivity contribution in [2.75, 3.05) is 18.8 Å². The van der Waals surface area contributed by atoms with E-state index in [2.05, 4.69) is 15.9 Å². The SMILES string of the molecule is COc1cc(CN(C)S(=O)(=O)CBr)ccc1O. The molecule has 1 aromatic rings. The number of rotatable bonds is 5. The summed E-state index contributed by atoms with van der Waals surface area (Å²) >= 11 is 2.93. The standard InChI is InChI=1S/C10H14BrNO4S/c1-12(17(14,15)7-11)6-8-3-4-9(13)10(5-8)16-2/h3-5,13H,6-7H2,1-2H3. The van der Waals surface area contributed by atoms with Gasteiger partial charge in [0.25, 0.3) is 0 Å². The minimum absolute atomic E-state index is 0.0299. The van der Waals surface area contributed by atoms with E-state index in [1.54, 1.807) is 12.1 Å².